The summed E-state index contributed by atoms with van der Waals surface area (Å²) < 4.78 is 11.3. The molecular formula is C21H25NO3. The van der Waals surface area contributed by atoms with Crippen molar-refractivity contribution in [2.75, 3.05) is 13.2 Å². The number of amides is 1. The molecule has 1 heterocycles. The lowest BCUT2D eigenvalue weighted by Crippen LogP contribution is -2.28. The third-order valence-electron chi connectivity index (χ3n) is 4.34. The highest BCUT2D eigenvalue weighted by Crippen LogP contribution is 2.16. The van der Waals surface area contributed by atoms with Gasteiger partial charge >= 0.3 is 0 Å². The SMILES string of the molecule is O=C(C[C@H]1CCCO1)NCCc1ccc(OCc2ccccc2)cc1. The predicted octanol–water partition coefficient (Wildman–Crippen LogP) is 3.49. The summed E-state index contributed by atoms with van der Waals surface area (Å²) in [6.07, 6.45) is 3.47. The Bertz CT molecular complexity index is 649. The second kappa shape index (κ2) is 9.23. The van der Waals surface area contributed by atoms with E-state index in [4.69, 9.17) is 9.47 Å². The summed E-state index contributed by atoms with van der Waals surface area (Å²) in [5.41, 5.74) is 2.34. The van der Waals surface area contributed by atoms with Gasteiger partial charge in [-0.2, -0.15) is 0 Å². The van der Waals surface area contributed by atoms with E-state index in [1.165, 1.54) is 5.56 Å². The highest BCUT2D eigenvalue weighted by Gasteiger charge is 2.18. The maximum absolute atomic E-state index is 11.9. The molecule has 4 nitrogen and oxygen atoms in total. The molecule has 25 heavy (non-hydrogen) atoms. The number of nitrogens with one attached hydrogen (secondary N) is 1. The molecule has 2 aromatic rings. The molecule has 0 bridgehead atoms. The number of hydrogen-bond acceptors (Lipinski definition) is 3. The Labute approximate surface area is 149 Å². The van der Waals surface area contributed by atoms with Crippen molar-refractivity contribution in [2.24, 2.45) is 0 Å². The third-order valence-corrected chi connectivity index (χ3v) is 4.34. The molecule has 0 aromatic heterocycles. The molecule has 1 atom stereocenters. The van der Waals surface area contributed by atoms with Gasteiger partial charge in [0.05, 0.1) is 12.5 Å². The summed E-state index contributed by atoms with van der Waals surface area (Å²) in [7, 11) is 0. The van der Waals surface area contributed by atoms with Crippen molar-refractivity contribution in [2.45, 2.75) is 38.4 Å². The minimum absolute atomic E-state index is 0.0784. The number of carbonyl (C=O) groups is 1. The van der Waals surface area contributed by atoms with E-state index in [1.807, 2.05) is 54.6 Å². The highest BCUT2D eigenvalue weighted by atomic mass is 16.5. The predicted molar refractivity (Wildman–Crippen MR) is 97.5 cm³/mol. The smallest absolute Gasteiger partial charge is 0.222 e. The van der Waals surface area contributed by atoms with Crippen LogP contribution in [0.25, 0.3) is 0 Å². The first kappa shape index (κ1) is 17.5. The molecule has 1 N–H and O–H groups in total. The summed E-state index contributed by atoms with van der Waals surface area (Å²) in [6, 6.07) is 18.2. The van der Waals surface area contributed by atoms with Crippen LogP contribution in [0.2, 0.25) is 0 Å². The minimum atomic E-state index is 0.0784. The Balaban J connectivity index is 1.36. The Morgan fingerprint density at radius 2 is 1.88 bits per heavy atom. The van der Waals surface area contributed by atoms with Crippen molar-refractivity contribution >= 4 is 5.91 Å². The molecule has 3 rings (SSSR count). The lowest BCUT2D eigenvalue weighted by Gasteiger charge is -2.10. The van der Waals surface area contributed by atoms with Gasteiger partial charge in [0.1, 0.15) is 12.4 Å². The first-order valence-electron chi connectivity index (χ1n) is 8.93. The van der Waals surface area contributed by atoms with Gasteiger partial charge < -0.3 is 14.8 Å². The van der Waals surface area contributed by atoms with E-state index in [0.717, 1.165) is 37.2 Å². The van der Waals surface area contributed by atoms with Gasteiger partial charge in [0, 0.05) is 13.2 Å². The van der Waals surface area contributed by atoms with Crippen LogP contribution >= 0.6 is 0 Å². The molecule has 132 valence electrons. The van der Waals surface area contributed by atoms with E-state index in [2.05, 4.69) is 5.32 Å². The molecule has 1 aliphatic heterocycles. The molecular weight excluding hydrogens is 314 g/mol. The zero-order valence-electron chi connectivity index (χ0n) is 14.4. The van der Waals surface area contributed by atoms with Gasteiger partial charge in [-0.15, -0.1) is 0 Å². The van der Waals surface area contributed by atoms with E-state index in [1.54, 1.807) is 0 Å². The molecule has 1 saturated heterocycles. The van der Waals surface area contributed by atoms with Crippen molar-refractivity contribution in [3.63, 3.8) is 0 Å². The van der Waals surface area contributed by atoms with Crippen molar-refractivity contribution < 1.29 is 14.3 Å². The topological polar surface area (TPSA) is 47.6 Å². The van der Waals surface area contributed by atoms with E-state index in [9.17, 15) is 4.79 Å². The lowest BCUT2D eigenvalue weighted by molar-refractivity contribution is -0.123. The second-order valence-electron chi connectivity index (χ2n) is 6.36. The van der Waals surface area contributed by atoms with Crippen molar-refractivity contribution in [3.8, 4) is 5.75 Å². The second-order valence-corrected chi connectivity index (χ2v) is 6.36. The summed E-state index contributed by atoms with van der Waals surface area (Å²) in [4.78, 5) is 11.9. The van der Waals surface area contributed by atoms with Crippen LogP contribution in [-0.4, -0.2) is 25.2 Å². The number of ether oxygens (including phenoxy) is 2. The standard InChI is InChI=1S/C21H25NO3/c23-21(15-20-7-4-14-24-20)22-13-12-17-8-10-19(11-9-17)25-16-18-5-2-1-3-6-18/h1-3,5-6,8-11,20H,4,7,12-16H2,(H,22,23)/t20-/m1/s1. The molecule has 0 radical (unpaired) electrons. The average molecular weight is 339 g/mol. The van der Waals surface area contributed by atoms with Gasteiger partial charge in [0.25, 0.3) is 0 Å². The van der Waals surface area contributed by atoms with Gasteiger partial charge in [-0.05, 0) is 42.5 Å². The average Bonchev–Trinajstić information content (AvgIpc) is 3.15. The highest BCUT2D eigenvalue weighted by molar-refractivity contribution is 5.76. The van der Waals surface area contributed by atoms with Gasteiger partial charge in [-0.25, -0.2) is 0 Å². The van der Waals surface area contributed by atoms with Gasteiger partial charge in [0.2, 0.25) is 5.91 Å². The molecule has 0 saturated carbocycles. The number of carbonyl (C=O) groups excluding carboxylic acids is 1. The first-order chi connectivity index (χ1) is 12.3. The van der Waals surface area contributed by atoms with Crippen LogP contribution in [0.15, 0.2) is 54.6 Å². The number of benzene rings is 2. The van der Waals surface area contributed by atoms with Crippen LogP contribution in [-0.2, 0) is 22.6 Å². The lowest BCUT2D eigenvalue weighted by atomic mass is 10.1. The summed E-state index contributed by atoms with van der Waals surface area (Å²) >= 11 is 0. The van der Waals surface area contributed by atoms with Crippen molar-refractivity contribution in [1.82, 2.24) is 5.32 Å². The number of rotatable bonds is 8. The van der Waals surface area contributed by atoms with Gasteiger partial charge in [0.15, 0.2) is 0 Å². The van der Waals surface area contributed by atoms with Crippen LogP contribution in [0.4, 0.5) is 0 Å². The quantitative estimate of drug-likeness (QED) is 0.801. The summed E-state index contributed by atoms with van der Waals surface area (Å²) in [6.45, 7) is 2.01. The summed E-state index contributed by atoms with van der Waals surface area (Å²) in [5, 5.41) is 2.97. The molecule has 2 aromatic carbocycles. The van der Waals surface area contributed by atoms with E-state index in [-0.39, 0.29) is 12.0 Å². The normalized spacial score (nSPS) is 16.6. The summed E-state index contributed by atoms with van der Waals surface area (Å²) in [5.74, 6) is 0.935. The van der Waals surface area contributed by atoms with E-state index in [0.29, 0.717) is 19.6 Å². The van der Waals surface area contributed by atoms with E-state index >= 15 is 0 Å². The third kappa shape index (κ3) is 5.91. The van der Waals surface area contributed by atoms with Gasteiger partial charge in [-0.3, -0.25) is 4.79 Å². The Morgan fingerprint density at radius 3 is 2.60 bits per heavy atom. The Morgan fingerprint density at radius 1 is 1.08 bits per heavy atom. The van der Waals surface area contributed by atoms with Crippen LogP contribution in [0.5, 0.6) is 5.75 Å². The van der Waals surface area contributed by atoms with Crippen LogP contribution in [0.1, 0.15) is 30.4 Å². The van der Waals surface area contributed by atoms with Crippen LogP contribution in [0.3, 0.4) is 0 Å². The Hall–Kier alpha value is -2.33. The molecule has 0 spiro atoms. The number of hydrogen-bond donors (Lipinski definition) is 1. The van der Waals surface area contributed by atoms with E-state index < -0.39 is 0 Å². The first-order valence-corrected chi connectivity index (χ1v) is 8.93. The maximum Gasteiger partial charge on any atom is 0.222 e. The Kier molecular flexibility index (Phi) is 6.46. The molecule has 4 heteroatoms. The molecule has 1 amide bonds. The molecule has 0 unspecified atom stereocenters. The zero-order valence-corrected chi connectivity index (χ0v) is 14.4. The fourth-order valence-electron chi connectivity index (χ4n) is 2.92. The largest absolute Gasteiger partial charge is 0.489 e. The fraction of sp³-hybridized carbons (Fsp3) is 0.381. The molecule has 1 fully saturated rings. The minimum Gasteiger partial charge on any atom is -0.489 e. The maximum atomic E-state index is 11.9. The molecule has 0 aliphatic carbocycles. The van der Waals surface area contributed by atoms with Crippen molar-refractivity contribution in [3.05, 3.63) is 65.7 Å². The monoisotopic (exact) mass is 339 g/mol. The van der Waals surface area contributed by atoms with Crippen LogP contribution < -0.4 is 10.1 Å². The molecule has 1 aliphatic rings. The fourth-order valence-corrected chi connectivity index (χ4v) is 2.92. The van der Waals surface area contributed by atoms with Crippen LogP contribution in [0, 0.1) is 0 Å². The zero-order chi connectivity index (χ0) is 17.3. The van der Waals surface area contributed by atoms with Gasteiger partial charge in [-0.1, -0.05) is 42.5 Å². The van der Waals surface area contributed by atoms with Crippen molar-refractivity contribution in [1.29, 1.82) is 0 Å².